The van der Waals surface area contributed by atoms with Crippen LogP contribution < -0.4 is 5.32 Å². The predicted molar refractivity (Wildman–Crippen MR) is 122 cm³/mol. The van der Waals surface area contributed by atoms with Gasteiger partial charge in [-0.3, -0.25) is 9.59 Å². The van der Waals surface area contributed by atoms with Crippen LogP contribution in [-0.2, 0) is 21.8 Å². The second-order valence-electron chi connectivity index (χ2n) is 7.12. The molecule has 6 heteroatoms. The Kier molecular flexibility index (Phi) is 10.4. The van der Waals surface area contributed by atoms with E-state index in [1.165, 1.54) is 17.8 Å². The Bertz CT molecular complexity index is 801. The number of benzene rings is 2. The summed E-state index contributed by atoms with van der Waals surface area (Å²) in [5.74, 6) is 0.166. The van der Waals surface area contributed by atoms with Crippen LogP contribution in [0.25, 0.3) is 0 Å². The number of nitrogens with one attached hydrogen (secondary N) is 1. The number of halogens is 1. The summed E-state index contributed by atoms with van der Waals surface area (Å²) in [5.41, 5.74) is 1.71. The lowest BCUT2D eigenvalue weighted by atomic mass is 10.1. The summed E-state index contributed by atoms with van der Waals surface area (Å²) in [7, 11) is 0. The van der Waals surface area contributed by atoms with Crippen molar-refractivity contribution in [1.82, 2.24) is 10.2 Å². The summed E-state index contributed by atoms with van der Waals surface area (Å²) in [6, 6.07) is 16.0. The van der Waals surface area contributed by atoms with Crippen LogP contribution in [0.4, 0.5) is 4.39 Å². The van der Waals surface area contributed by atoms with Crippen molar-refractivity contribution in [2.24, 2.45) is 0 Å². The summed E-state index contributed by atoms with van der Waals surface area (Å²) >= 11 is 1.37. The number of hydrogen-bond acceptors (Lipinski definition) is 3. The minimum atomic E-state index is -0.498. The van der Waals surface area contributed by atoms with E-state index in [0.29, 0.717) is 37.2 Å². The highest BCUT2D eigenvalue weighted by molar-refractivity contribution is 7.99. The predicted octanol–water partition coefficient (Wildman–Crippen LogP) is 4.44. The molecule has 0 bridgehead atoms. The molecule has 0 spiro atoms. The van der Waals surface area contributed by atoms with Gasteiger partial charge >= 0.3 is 0 Å². The maximum Gasteiger partial charge on any atom is 0.242 e. The zero-order valence-corrected chi connectivity index (χ0v) is 18.6. The maximum absolute atomic E-state index is 13.8. The van der Waals surface area contributed by atoms with Gasteiger partial charge in [-0.1, -0.05) is 62.4 Å². The van der Waals surface area contributed by atoms with Crippen molar-refractivity contribution in [1.29, 1.82) is 0 Å². The van der Waals surface area contributed by atoms with E-state index in [0.717, 1.165) is 12.0 Å². The minimum Gasteiger partial charge on any atom is -0.354 e. The summed E-state index contributed by atoms with van der Waals surface area (Å²) in [5, 5.41) is 2.92. The molecule has 1 unspecified atom stereocenters. The fourth-order valence-electron chi connectivity index (χ4n) is 3.21. The first-order valence-corrected chi connectivity index (χ1v) is 11.6. The Morgan fingerprint density at radius 1 is 1.07 bits per heavy atom. The second-order valence-corrected chi connectivity index (χ2v) is 8.11. The summed E-state index contributed by atoms with van der Waals surface area (Å²) in [4.78, 5) is 27.4. The molecule has 0 aromatic heterocycles. The average molecular weight is 431 g/mol. The SMILES string of the molecule is CCCNC(=O)C(CC)N(CCc1ccccc1)C(=O)CSCc1ccccc1F. The molecule has 0 heterocycles. The van der Waals surface area contributed by atoms with E-state index in [4.69, 9.17) is 0 Å². The molecule has 4 nitrogen and oxygen atoms in total. The first kappa shape index (κ1) is 23.9. The van der Waals surface area contributed by atoms with Crippen LogP contribution in [0.3, 0.4) is 0 Å². The molecule has 0 fully saturated rings. The molecule has 0 aliphatic carbocycles. The van der Waals surface area contributed by atoms with E-state index in [1.807, 2.05) is 44.2 Å². The standard InChI is InChI=1S/C24H31FN2O2S/c1-3-15-26-24(29)22(4-2)27(16-14-19-10-6-5-7-11-19)23(28)18-30-17-20-12-8-9-13-21(20)25/h5-13,22H,3-4,14-18H2,1-2H3,(H,26,29). The molecule has 1 atom stereocenters. The molecule has 1 N–H and O–H groups in total. The fourth-order valence-corrected chi connectivity index (χ4v) is 4.11. The van der Waals surface area contributed by atoms with Crippen LogP contribution in [-0.4, -0.2) is 41.6 Å². The molecule has 162 valence electrons. The summed E-state index contributed by atoms with van der Waals surface area (Å²) < 4.78 is 13.8. The van der Waals surface area contributed by atoms with Gasteiger partial charge in [0.05, 0.1) is 5.75 Å². The zero-order valence-electron chi connectivity index (χ0n) is 17.8. The van der Waals surface area contributed by atoms with Crippen LogP contribution in [0, 0.1) is 5.82 Å². The van der Waals surface area contributed by atoms with E-state index < -0.39 is 6.04 Å². The summed E-state index contributed by atoms with van der Waals surface area (Å²) in [6.45, 7) is 4.99. The van der Waals surface area contributed by atoms with Gasteiger partial charge in [0.2, 0.25) is 11.8 Å². The molecule has 0 saturated carbocycles. The van der Waals surface area contributed by atoms with Crippen molar-refractivity contribution in [3.05, 3.63) is 71.5 Å². The van der Waals surface area contributed by atoms with E-state index >= 15 is 0 Å². The lowest BCUT2D eigenvalue weighted by molar-refractivity contribution is -0.138. The van der Waals surface area contributed by atoms with Crippen molar-refractivity contribution in [3.63, 3.8) is 0 Å². The third kappa shape index (κ3) is 7.48. The van der Waals surface area contributed by atoms with Crippen LogP contribution in [0.15, 0.2) is 54.6 Å². The molecule has 2 amide bonds. The number of rotatable bonds is 12. The average Bonchev–Trinajstić information content (AvgIpc) is 2.76. The number of carbonyl (C=O) groups excluding carboxylic acids is 2. The van der Waals surface area contributed by atoms with Crippen molar-refractivity contribution in [2.45, 2.75) is 44.9 Å². The fraction of sp³-hybridized carbons (Fsp3) is 0.417. The molecule has 0 aliphatic rings. The molecule has 2 aromatic rings. The highest BCUT2D eigenvalue weighted by Gasteiger charge is 2.27. The molecule has 30 heavy (non-hydrogen) atoms. The molecule has 2 aromatic carbocycles. The molecular weight excluding hydrogens is 399 g/mol. The van der Waals surface area contributed by atoms with Gasteiger partial charge in [-0.2, -0.15) is 0 Å². The first-order chi connectivity index (χ1) is 14.6. The highest BCUT2D eigenvalue weighted by atomic mass is 32.2. The molecule has 0 radical (unpaired) electrons. The largest absolute Gasteiger partial charge is 0.354 e. The van der Waals surface area contributed by atoms with Crippen LogP contribution in [0.5, 0.6) is 0 Å². The minimum absolute atomic E-state index is 0.0919. The number of nitrogens with zero attached hydrogens (tertiary/aromatic N) is 1. The third-order valence-corrected chi connectivity index (χ3v) is 5.83. The Hall–Kier alpha value is -2.34. The summed E-state index contributed by atoms with van der Waals surface area (Å²) in [6.07, 6.45) is 2.08. The van der Waals surface area contributed by atoms with E-state index in [2.05, 4.69) is 5.32 Å². The Morgan fingerprint density at radius 2 is 1.77 bits per heavy atom. The van der Waals surface area contributed by atoms with E-state index in [9.17, 15) is 14.0 Å². The van der Waals surface area contributed by atoms with Gasteiger partial charge in [-0.25, -0.2) is 4.39 Å². The lowest BCUT2D eigenvalue weighted by Crippen LogP contribution is -2.50. The quantitative estimate of drug-likeness (QED) is 0.542. The van der Waals surface area contributed by atoms with Crippen molar-refractivity contribution in [3.8, 4) is 0 Å². The van der Waals surface area contributed by atoms with Gasteiger partial charge in [-0.15, -0.1) is 11.8 Å². The number of thioether (sulfide) groups is 1. The topological polar surface area (TPSA) is 49.4 Å². The second kappa shape index (κ2) is 13.1. The van der Waals surface area contributed by atoms with Crippen molar-refractivity contribution < 1.29 is 14.0 Å². The number of carbonyl (C=O) groups is 2. The van der Waals surface area contributed by atoms with Crippen molar-refractivity contribution >= 4 is 23.6 Å². The molecule has 0 saturated heterocycles. The monoisotopic (exact) mass is 430 g/mol. The number of hydrogen-bond donors (Lipinski definition) is 1. The highest BCUT2D eigenvalue weighted by Crippen LogP contribution is 2.17. The van der Waals surface area contributed by atoms with Gasteiger partial charge in [0.25, 0.3) is 0 Å². The molecule has 0 aliphatic heterocycles. The van der Waals surface area contributed by atoms with E-state index in [1.54, 1.807) is 23.1 Å². The van der Waals surface area contributed by atoms with Gasteiger partial charge in [0, 0.05) is 18.8 Å². The lowest BCUT2D eigenvalue weighted by Gasteiger charge is -2.30. The van der Waals surface area contributed by atoms with Gasteiger partial charge in [0.15, 0.2) is 0 Å². The Balaban J connectivity index is 2.04. The zero-order chi connectivity index (χ0) is 21.8. The smallest absolute Gasteiger partial charge is 0.242 e. The third-order valence-electron chi connectivity index (χ3n) is 4.86. The van der Waals surface area contributed by atoms with Gasteiger partial charge < -0.3 is 10.2 Å². The van der Waals surface area contributed by atoms with E-state index in [-0.39, 0.29) is 23.4 Å². The van der Waals surface area contributed by atoms with Gasteiger partial charge in [-0.05, 0) is 36.5 Å². The van der Waals surface area contributed by atoms with Crippen molar-refractivity contribution in [2.75, 3.05) is 18.8 Å². The first-order valence-electron chi connectivity index (χ1n) is 10.5. The maximum atomic E-state index is 13.8. The Morgan fingerprint density at radius 3 is 2.43 bits per heavy atom. The normalized spacial score (nSPS) is 11.7. The van der Waals surface area contributed by atoms with Crippen LogP contribution >= 0.6 is 11.8 Å². The van der Waals surface area contributed by atoms with Crippen LogP contribution in [0.2, 0.25) is 0 Å². The van der Waals surface area contributed by atoms with Crippen LogP contribution in [0.1, 0.15) is 37.8 Å². The Labute approximate surface area is 183 Å². The molecule has 2 rings (SSSR count). The number of amides is 2. The molecular formula is C24H31FN2O2S. The van der Waals surface area contributed by atoms with Gasteiger partial charge in [0.1, 0.15) is 11.9 Å².